The first-order valence-corrected chi connectivity index (χ1v) is 8.44. The molecule has 0 unspecified atom stereocenters. The molecule has 24 heavy (non-hydrogen) atoms. The fraction of sp³-hybridized carbons (Fsp3) is 0.400. The highest BCUT2D eigenvalue weighted by atomic mass is 16.7. The summed E-state index contributed by atoms with van der Waals surface area (Å²) in [5, 5.41) is 0. The number of nitrogens with zero attached hydrogens (tertiary/aromatic N) is 1. The van der Waals surface area contributed by atoms with Crippen LogP contribution in [0.1, 0.15) is 27.8 Å². The Balaban J connectivity index is 1.78. The third kappa shape index (κ3) is 3.71. The van der Waals surface area contributed by atoms with Gasteiger partial charge in [0.2, 0.25) is 6.79 Å². The van der Waals surface area contributed by atoms with E-state index in [9.17, 15) is 0 Å². The van der Waals surface area contributed by atoms with Gasteiger partial charge in [0.1, 0.15) is 0 Å². The van der Waals surface area contributed by atoms with Crippen LogP contribution in [0.5, 0.6) is 11.5 Å². The van der Waals surface area contributed by atoms with Crippen molar-refractivity contribution >= 4 is 0 Å². The second-order valence-corrected chi connectivity index (χ2v) is 6.56. The smallest absolute Gasteiger partial charge is 0.231 e. The van der Waals surface area contributed by atoms with Gasteiger partial charge in [0.15, 0.2) is 11.5 Å². The lowest BCUT2D eigenvalue weighted by Gasteiger charge is -2.24. The second-order valence-electron chi connectivity index (χ2n) is 6.56. The van der Waals surface area contributed by atoms with Crippen LogP contribution in [0.3, 0.4) is 0 Å². The molecule has 3 rings (SSSR count). The zero-order valence-electron chi connectivity index (χ0n) is 14.8. The number of hydrogen-bond donors (Lipinski definition) is 1. The molecular weight excluding hydrogens is 300 g/mol. The maximum absolute atomic E-state index is 5.84. The molecule has 128 valence electrons. The van der Waals surface area contributed by atoms with E-state index in [0.29, 0.717) is 13.3 Å². The van der Waals surface area contributed by atoms with E-state index in [0.717, 1.165) is 31.1 Å². The molecule has 2 N–H and O–H groups in total. The first kappa shape index (κ1) is 16.8. The van der Waals surface area contributed by atoms with Gasteiger partial charge in [0, 0.05) is 26.2 Å². The van der Waals surface area contributed by atoms with Crippen molar-refractivity contribution in [2.75, 3.05) is 19.9 Å². The third-order valence-corrected chi connectivity index (χ3v) is 4.51. The first-order chi connectivity index (χ1) is 11.6. The summed E-state index contributed by atoms with van der Waals surface area (Å²) in [5.74, 6) is 1.66. The average molecular weight is 326 g/mol. The van der Waals surface area contributed by atoms with Gasteiger partial charge in [0.25, 0.3) is 0 Å². The normalized spacial score (nSPS) is 12.9. The molecule has 0 fully saturated rings. The summed E-state index contributed by atoms with van der Waals surface area (Å²) in [7, 11) is 0. The minimum Gasteiger partial charge on any atom is -0.454 e. The molecule has 1 aliphatic rings. The molecule has 0 saturated heterocycles. The van der Waals surface area contributed by atoms with Gasteiger partial charge in [-0.2, -0.15) is 0 Å². The van der Waals surface area contributed by atoms with Crippen LogP contribution in [0.4, 0.5) is 0 Å². The van der Waals surface area contributed by atoms with Crippen molar-refractivity contribution in [3.8, 4) is 11.5 Å². The maximum atomic E-state index is 5.84. The third-order valence-electron chi connectivity index (χ3n) is 4.51. The first-order valence-electron chi connectivity index (χ1n) is 8.44. The summed E-state index contributed by atoms with van der Waals surface area (Å²) in [6, 6.07) is 10.7. The molecule has 4 heteroatoms. The van der Waals surface area contributed by atoms with E-state index in [1.807, 2.05) is 6.07 Å². The van der Waals surface area contributed by atoms with E-state index >= 15 is 0 Å². The number of hydrogen-bond acceptors (Lipinski definition) is 4. The second kappa shape index (κ2) is 7.24. The molecule has 0 saturated carbocycles. The summed E-state index contributed by atoms with van der Waals surface area (Å²) in [6.07, 6.45) is 0. The Kier molecular flexibility index (Phi) is 5.07. The quantitative estimate of drug-likeness (QED) is 0.885. The molecule has 0 aliphatic carbocycles. The lowest BCUT2D eigenvalue weighted by Crippen LogP contribution is -2.29. The van der Waals surface area contributed by atoms with Crippen LogP contribution in [0.2, 0.25) is 0 Å². The van der Waals surface area contributed by atoms with Crippen LogP contribution in [-0.4, -0.2) is 24.8 Å². The molecule has 2 aromatic rings. The van der Waals surface area contributed by atoms with Gasteiger partial charge in [-0.3, -0.25) is 4.90 Å². The topological polar surface area (TPSA) is 47.7 Å². The highest BCUT2D eigenvalue weighted by Gasteiger charge is 2.15. The maximum Gasteiger partial charge on any atom is 0.231 e. The monoisotopic (exact) mass is 326 g/mol. The number of nitrogens with two attached hydrogens (primary N) is 1. The van der Waals surface area contributed by atoms with E-state index in [1.165, 1.54) is 27.8 Å². The fourth-order valence-electron chi connectivity index (χ4n) is 3.38. The van der Waals surface area contributed by atoms with Gasteiger partial charge >= 0.3 is 0 Å². The van der Waals surface area contributed by atoms with Gasteiger partial charge in [-0.25, -0.2) is 0 Å². The molecule has 0 atom stereocenters. The predicted molar refractivity (Wildman–Crippen MR) is 96.4 cm³/mol. The SMILES string of the molecule is Cc1cc(C)c(CN(CCN)Cc2ccc3c(c2)OCO3)c(C)c1. The van der Waals surface area contributed by atoms with Crippen molar-refractivity contribution in [2.45, 2.75) is 33.9 Å². The number of rotatable bonds is 6. The highest BCUT2D eigenvalue weighted by Crippen LogP contribution is 2.33. The summed E-state index contributed by atoms with van der Waals surface area (Å²) in [4.78, 5) is 2.39. The lowest BCUT2D eigenvalue weighted by atomic mass is 9.99. The van der Waals surface area contributed by atoms with Crippen molar-refractivity contribution in [3.63, 3.8) is 0 Å². The Morgan fingerprint density at radius 2 is 1.67 bits per heavy atom. The van der Waals surface area contributed by atoms with Crippen LogP contribution in [0.15, 0.2) is 30.3 Å². The summed E-state index contributed by atoms with van der Waals surface area (Å²) in [5.41, 5.74) is 12.5. The van der Waals surface area contributed by atoms with Crippen LogP contribution in [0.25, 0.3) is 0 Å². The fourth-order valence-corrected chi connectivity index (χ4v) is 3.38. The molecule has 0 radical (unpaired) electrons. The van der Waals surface area contributed by atoms with E-state index in [2.05, 4.69) is 49.9 Å². The van der Waals surface area contributed by atoms with E-state index in [4.69, 9.17) is 15.2 Å². The minimum atomic E-state index is 0.313. The van der Waals surface area contributed by atoms with Crippen LogP contribution in [0, 0.1) is 20.8 Å². The van der Waals surface area contributed by atoms with Crippen molar-refractivity contribution in [1.29, 1.82) is 0 Å². The lowest BCUT2D eigenvalue weighted by molar-refractivity contribution is 0.174. The van der Waals surface area contributed by atoms with Gasteiger partial charge in [-0.1, -0.05) is 23.8 Å². The van der Waals surface area contributed by atoms with Crippen LogP contribution >= 0.6 is 0 Å². The van der Waals surface area contributed by atoms with Gasteiger partial charge in [-0.05, 0) is 55.2 Å². The molecule has 1 aliphatic heterocycles. The average Bonchev–Trinajstić information content (AvgIpc) is 2.98. The van der Waals surface area contributed by atoms with Crippen molar-refractivity contribution < 1.29 is 9.47 Å². The van der Waals surface area contributed by atoms with Crippen LogP contribution in [-0.2, 0) is 13.1 Å². The zero-order chi connectivity index (χ0) is 17.1. The van der Waals surface area contributed by atoms with Crippen LogP contribution < -0.4 is 15.2 Å². The summed E-state index contributed by atoms with van der Waals surface area (Å²) >= 11 is 0. The minimum absolute atomic E-state index is 0.313. The van der Waals surface area contributed by atoms with Crippen molar-refractivity contribution in [1.82, 2.24) is 4.90 Å². The zero-order valence-corrected chi connectivity index (χ0v) is 14.8. The highest BCUT2D eigenvalue weighted by molar-refractivity contribution is 5.44. The largest absolute Gasteiger partial charge is 0.454 e. The van der Waals surface area contributed by atoms with E-state index in [-0.39, 0.29) is 0 Å². The molecule has 0 bridgehead atoms. The standard InChI is InChI=1S/C20H26N2O2/c1-14-8-15(2)18(16(3)9-14)12-22(7-6-21)11-17-4-5-19-20(10-17)24-13-23-19/h4-5,8-10H,6-7,11-13,21H2,1-3H3. The number of fused-ring (bicyclic) bond motifs is 1. The van der Waals surface area contributed by atoms with Crippen molar-refractivity contribution in [3.05, 3.63) is 58.1 Å². The predicted octanol–water partition coefficient (Wildman–Crippen LogP) is 3.30. The number of benzene rings is 2. The Hall–Kier alpha value is -2.04. The Morgan fingerprint density at radius 1 is 0.958 bits per heavy atom. The van der Waals surface area contributed by atoms with E-state index in [1.54, 1.807) is 0 Å². The molecular formula is C20H26N2O2. The Morgan fingerprint density at radius 3 is 2.38 bits per heavy atom. The van der Waals surface area contributed by atoms with Gasteiger partial charge in [-0.15, -0.1) is 0 Å². The van der Waals surface area contributed by atoms with Gasteiger partial charge < -0.3 is 15.2 Å². The van der Waals surface area contributed by atoms with Gasteiger partial charge in [0.05, 0.1) is 0 Å². The number of ether oxygens (including phenoxy) is 2. The molecule has 0 amide bonds. The molecule has 2 aromatic carbocycles. The van der Waals surface area contributed by atoms with Crippen molar-refractivity contribution in [2.24, 2.45) is 5.73 Å². The number of aryl methyl sites for hydroxylation is 3. The molecule has 0 aromatic heterocycles. The molecule has 0 spiro atoms. The molecule has 1 heterocycles. The summed E-state index contributed by atoms with van der Waals surface area (Å²) in [6.45, 7) is 10.1. The summed E-state index contributed by atoms with van der Waals surface area (Å²) < 4.78 is 10.9. The Bertz CT molecular complexity index is 705. The molecule has 4 nitrogen and oxygen atoms in total. The Labute approximate surface area is 144 Å². The van der Waals surface area contributed by atoms with E-state index < -0.39 is 0 Å².